The Morgan fingerprint density at radius 3 is 1.34 bits per heavy atom. The second-order valence-electron chi connectivity index (χ2n) is 7.81. The number of hydrogen-bond donors (Lipinski definition) is 2. The Kier molecular flexibility index (Phi) is 3.46. The number of nitrogens with one attached hydrogen (secondary N) is 2. The lowest BCUT2D eigenvalue weighted by Crippen LogP contribution is -1.92. The van der Waals surface area contributed by atoms with Gasteiger partial charge in [-0.2, -0.15) is 0 Å². The maximum absolute atomic E-state index is 4.96. The summed E-state index contributed by atoms with van der Waals surface area (Å²) in [6.45, 7) is 0. The van der Waals surface area contributed by atoms with E-state index in [0.29, 0.717) is 0 Å². The first-order valence-electron chi connectivity index (χ1n) is 10.4. The van der Waals surface area contributed by atoms with Gasteiger partial charge in [-0.25, -0.2) is 19.9 Å². The van der Waals surface area contributed by atoms with Crippen LogP contribution in [0.25, 0.3) is 66.9 Å². The third-order valence-corrected chi connectivity index (χ3v) is 5.78. The first kappa shape index (κ1) is 17.1. The average Bonchev–Trinajstić information content (AvgIpc) is 3.48. The zero-order chi connectivity index (χ0) is 21.1. The minimum atomic E-state index is 0.749. The van der Waals surface area contributed by atoms with Gasteiger partial charge in [0, 0.05) is 10.8 Å². The van der Waals surface area contributed by atoms with E-state index in [0.717, 1.165) is 66.9 Å². The number of nitrogens with zero attached hydrogens (tertiary/aromatic N) is 4. The highest BCUT2D eigenvalue weighted by molar-refractivity contribution is 6.04. The maximum Gasteiger partial charge on any atom is 0.157 e. The largest absolute Gasteiger partial charge is 0.337 e. The predicted molar refractivity (Wildman–Crippen MR) is 127 cm³/mol. The van der Waals surface area contributed by atoms with Gasteiger partial charge in [-0.15, -0.1) is 0 Å². The van der Waals surface area contributed by atoms with E-state index in [9.17, 15) is 0 Å². The summed E-state index contributed by atoms with van der Waals surface area (Å²) in [5.41, 5.74) is 7.10. The van der Waals surface area contributed by atoms with Crippen molar-refractivity contribution in [3.8, 4) is 23.0 Å². The molecule has 7 rings (SSSR count). The van der Waals surface area contributed by atoms with Crippen LogP contribution in [0.1, 0.15) is 0 Å². The number of aromatic amines is 2. The van der Waals surface area contributed by atoms with Crippen molar-refractivity contribution in [2.24, 2.45) is 0 Å². The molecule has 4 heterocycles. The van der Waals surface area contributed by atoms with E-state index in [1.807, 2.05) is 60.7 Å². The standard InChI is InChI=1S/C26H16N6/c1-2-6-18-17(5-1)29-25(30-18)21-13-11-15-9-10-16-12-14-22(28-24(16)23(15)27-21)26-31-19-7-3-4-8-20(19)32-26/h1-14H,(H,29,30)(H,31,32). The molecule has 0 atom stereocenters. The molecule has 4 aromatic heterocycles. The number of fused-ring (bicyclic) bond motifs is 5. The molecule has 0 saturated heterocycles. The monoisotopic (exact) mass is 412 g/mol. The average molecular weight is 412 g/mol. The van der Waals surface area contributed by atoms with Gasteiger partial charge >= 0.3 is 0 Å². The molecule has 0 fully saturated rings. The molecule has 3 aromatic carbocycles. The van der Waals surface area contributed by atoms with E-state index in [-0.39, 0.29) is 0 Å². The van der Waals surface area contributed by atoms with E-state index in [2.05, 4.69) is 34.2 Å². The molecule has 2 N–H and O–H groups in total. The molecule has 7 aromatic rings. The van der Waals surface area contributed by atoms with Gasteiger partial charge in [0.25, 0.3) is 0 Å². The number of H-pyrrole nitrogens is 2. The van der Waals surface area contributed by atoms with Gasteiger partial charge in [-0.05, 0) is 36.4 Å². The zero-order valence-electron chi connectivity index (χ0n) is 16.9. The summed E-state index contributed by atoms with van der Waals surface area (Å²) in [6.07, 6.45) is 0. The molecule has 6 heteroatoms. The van der Waals surface area contributed by atoms with Crippen molar-refractivity contribution in [1.29, 1.82) is 0 Å². The normalized spacial score (nSPS) is 11.8. The van der Waals surface area contributed by atoms with Gasteiger partial charge in [0.1, 0.15) is 11.4 Å². The van der Waals surface area contributed by atoms with Crippen LogP contribution in [0.2, 0.25) is 0 Å². The number of pyridine rings is 2. The van der Waals surface area contributed by atoms with Gasteiger partial charge in [0.05, 0.1) is 33.1 Å². The highest BCUT2D eigenvalue weighted by Gasteiger charge is 2.12. The van der Waals surface area contributed by atoms with E-state index >= 15 is 0 Å². The summed E-state index contributed by atoms with van der Waals surface area (Å²) >= 11 is 0. The van der Waals surface area contributed by atoms with E-state index < -0.39 is 0 Å². The van der Waals surface area contributed by atoms with Gasteiger partial charge in [-0.1, -0.05) is 48.5 Å². The van der Waals surface area contributed by atoms with Crippen LogP contribution in [0.4, 0.5) is 0 Å². The Morgan fingerprint density at radius 2 is 0.875 bits per heavy atom. The van der Waals surface area contributed by atoms with Gasteiger partial charge in [0.15, 0.2) is 11.6 Å². The first-order chi connectivity index (χ1) is 15.8. The Morgan fingerprint density at radius 1 is 0.438 bits per heavy atom. The molecule has 32 heavy (non-hydrogen) atoms. The number of para-hydroxylation sites is 4. The summed E-state index contributed by atoms with van der Waals surface area (Å²) in [6, 6.07) is 28.3. The third-order valence-electron chi connectivity index (χ3n) is 5.78. The summed E-state index contributed by atoms with van der Waals surface area (Å²) < 4.78 is 0. The van der Waals surface area contributed by atoms with E-state index in [1.54, 1.807) is 0 Å². The van der Waals surface area contributed by atoms with Crippen LogP contribution in [-0.2, 0) is 0 Å². The smallest absolute Gasteiger partial charge is 0.157 e. The van der Waals surface area contributed by atoms with Crippen molar-refractivity contribution in [1.82, 2.24) is 29.9 Å². The van der Waals surface area contributed by atoms with Gasteiger partial charge < -0.3 is 9.97 Å². The van der Waals surface area contributed by atoms with Crippen LogP contribution in [0, 0.1) is 0 Å². The number of aromatic nitrogens is 6. The second-order valence-corrected chi connectivity index (χ2v) is 7.81. The predicted octanol–water partition coefficient (Wildman–Crippen LogP) is 5.87. The fraction of sp³-hybridized carbons (Fsp3) is 0. The minimum Gasteiger partial charge on any atom is -0.337 e. The van der Waals surface area contributed by atoms with Crippen molar-refractivity contribution < 1.29 is 0 Å². The highest BCUT2D eigenvalue weighted by atomic mass is 15.0. The van der Waals surface area contributed by atoms with Gasteiger partial charge in [0.2, 0.25) is 0 Å². The minimum absolute atomic E-state index is 0.749. The summed E-state index contributed by atoms with van der Waals surface area (Å²) in [7, 11) is 0. The zero-order valence-corrected chi connectivity index (χ0v) is 16.9. The van der Waals surface area contributed by atoms with Crippen molar-refractivity contribution in [2.75, 3.05) is 0 Å². The third kappa shape index (κ3) is 2.60. The molecule has 0 aliphatic carbocycles. The Labute approximate surface area is 182 Å². The molecule has 0 aliphatic heterocycles. The SMILES string of the molecule is c1ccc2[nH]c(-c3ccc4ccc5ccc(-c6nc7ccccc7[nH]6)nc5c4n3)nc2c1. The van der Waals surface area contributed by atoms with Crippen molar-refractivity contribution in [3.05, 3.63) is 84.9 Å². The topological polar surface area (TPSA) is 83.1 Å². The molecule has 0 bridgehead atoms. The molecule has 0 amide bonds. The fourth-order valence-corrected chi connectivity index (χ4v) is 4.18. The molecular weight excluding hydrogens is 396 g/mol. The van der Waals surface area contributed by atoms with Gasteiger partial charge in [-0.3, -0.25) is 0 Å². The number of hydrogen-bond acceptors (Lipinski definition) is 4. The van der Waals surface area contributed by atoms with Crippen LogP contribution in [0.3, 0.4) is 0 Å². The molecule has 6 nitrogen and oxygen atoms in total. The molecule has 0 spiro atoms. The lowest BCUT2D eigenvalue weighted by molar-refractivity contribution is 1.25. The van der Waals surface area contributed by atoms with Crippen LogP contribution < -0.4 is 0 Å². The summed E-state index contributed by atoms with van der Waals surface area (Å²) in [4.78, 5) is 26.1. The number of imidazole rings is 2. The van der Waals surface area contributed by atoms with Crippen LogP contribution in [-0.4, -0.2) is 29.9 Å². The maximum atomic E-state index is 4.96. The Bertz CT molecular complexity index is 1590. The molecule has 150 valence electrons. The van der Waals surface area contributed by atoms with E-state index in [1.165, 1.54) is 0 Å². The summed E-state index contributed by atoms with van der Waals surface area (Å²) in [5, 5.41) is 2.07. The van der Waals surface area contributed by atoms with Crippen molar-refractivity contribution in [2.45, 2.75) is 0 Å². The van der Waals surface area contributed by atoms with Crippen LogP contribution in [0.15, 0.2) is 84.9 Å². The number of benzene rings is 3. The van der Waals surface area contributed by atoms with Crippen LogP contribution >= 0.6 is 0 Å². The lowest BCUT2D eigenvalue weighted by atomic mass is 10.1. The Balaban J connectivity index is 1.43. The highest BCUT2D eigenvalue weighted by Crippen LogP contribution is 2.28. The number of rotatable bonds is 2. The second kappa shape index (κ2) is 6.46. The van der Waals surface area contributed by atoms with Crippen molar-refractivity contribution >= 4 is 43.9 Å². The van der Waals surface area contributed by atoms with E-state index in [4.69, 9.17) is 19.9 Å². The summed E-state index contributed by atoms with van der Waals surface area (Å²) in [5.74, 6) is 1.50. The molecule has 0 radical (unpaired) electrons. The molecule has 0 saturated carbocycles. The van der Waals surface area contributed by atoms with Crippen LogP contribution in [0.5, 0.6) is 0 Å². The molecule has 0 unspecified atom stereocenters. The lowest BCUT2D eigenvalue weighted by Gasteiger charge is -2.06. The fourth-order valence-electron chi connectivity index (χ4n) is 4.18. The Hall–Kier alpha value is -4.58. The first-order valence-corrected chi connectivity index (χ1v) is 10.4. The molecule has 0 aliphatic rings. The van der Waals surface area contributed by atoms with Crippen molar-refractivity contribution in [3.63, 3.8) is 0 Å². The molecular formula is C26H16N6. The quantitative estimate of drug-likeness (QED) is 0.348.